The van der Waals surface area contributed by atoms with E-state index in [0.29, 0.717) is 0 Å². The van der Waals surface area contributed by atoms with Gasteiger partial charge >= 0.3 is 5.97 Å². The lowest BCUT2D eigenvalue weighted by Crippen LogP contribution is -2.42. The lowest BCUT2D eigenvalue weighted by molar-refractivity contribution is -0.384. The number of hydrogen-bond acceptors (Lipinski definition) is 6. The van der Waals surface area contributed by atoms with Gasteiger partial charge in [0.05, 0.1) is 23.3 Å². The summed E-state index contributed by atoms with van der Waals surface area (Å²) in [5.41, 5.74) is 0.339. The second-order valence-electron chi connectivity index (χ2n) is 6.05. The van der Waals surface area contributed by atoms with E-state index >= 15 is 0 Å². The highest BCUT2D eigenvalue weighted by molar-refractivity contribution is 6.04. The number of hydrogen-bond donors (Lipinski definition) is 3. The first-order valence-electron chi connectivity index (χ1n) is 8.44. The molecule has 0 aromatic heterocycles. The zero-order chi connectivity index (χ0) is 21.6. The number of aliphatic carboxylic acids is 1. The maximum atomic E-state index is 12.6. The summed E-state index contributed by atoms with van der Waals surface area (Å²) in [7, 11) is 1.35. The molecule has 0 aliphatic rings. The van der Waals surface area contributed by atoms with Gasteiger partial charge in [0.1, 0.15) is 11.8 Å². The Labute approximate surface area is 165 Å². The van der Waals surface area contributed by atoms with Crippen molar-refractivity contribution in [3.8, 4) is 5.75 Å². The van der Waals surface area contributed by atoms with E-state index in [1.54, 1.807) is 12.1 Å². The van der Waals surface area contributed by atoms with E-state index in [9.17, 15) is 29.6 Å². The van der Waals surface area contributed by atoms with Crippen LogP contribution in [0.15, 0.2) is 42.5 Å². The average molecular weight is 401 g/mol. The number of non-ortho nitro benzene ring substituents is 1. The predicted molar refractivity (Wildman–Crippen MR) is 103 cm³/mol. The standard InChI is InChI=1S/C19H19N3O7/c1-11(23)20-15-6-4-3-5-14(15)18(24)21-16(19(25)26)10-12-9-13(22(27)28)7-8-17(12)29-2/h3-9,16H,10H2,1-2H3,(H,20,23)(H,21,24)(H,25,26)/t16-/m0/s1. The fraction of sp³-hybridized carbons (Fsp3) is 0.211. The molecule has 2 amide bonds. The molecule has 0 aliphatic heterocycles. The van der Waals surface area contributed by atoms with Crippen LogP contribution in [0, 0.1) is 10.1 Å². The lowest BCUT2D eigenvalue weighted by atomic mass is 10.0. The minimum atomic E-state index is -1.39. The number of carbonyl (C=O) groups is 3. The topological polar surface area (TPSA) is 148 Å². The fourth-order valence-corrected chi connectivity index (χ4v) is 2.67. The lowest BCUT2D eigenvalue weighted by Gasteiger charge is -2.17. The SMILES string of the molecule is COc1ccc([N+](=O)[O-])cc1C[C@H](NC(=O)c1ccccc1NC(C)=O)C(=O)O. The summed E-state index contributed by atoms with van der Waals surface area (Å²) in [5.74, 6) is -2.17. The van der Waals surface area contributed by atoms with Crippen LogP contribution in [0.4, 0.5) is 11.4 Å². The average Bonchev–Trinajstić information content (AvgIpc) is 2.67. The molecular formula is C19H19N3O7. The molecule has 0 radical (unpaired) electrons. The van der Waals surface area contributed by atoms with Gasteiger partial charge in [-0.1, -0.05) is 12.1 Å². The Morgan fingerprint density at radius 3 is 2.48 bits per heavy atom. The van der Waals surface area contributed by atoms with Gasteiger partial charge in [-0.2, -0.15) is 0 Å². The van der Waals surface area contributed by atoms with E-state index in [0.717, 1.165) is 0 Å². The summed E-state index contributed by atoms with van der Waals surface area (Å²) in [4.78, 5) is 46.0. The van der Waals surface area contributed by atoms with Crippen molar-refractivity contribution in [1.29, 1.82) is 0 Å². The highest BCUT2D eigenvalue weighted by Crippen LogP contribution is 2.25. The van der Waals surface area contributed by atoms with Crippen LogP contribution in [0.5, 0.6) is 5.75 Å². The fourth-order valence-electron chi connectivity index (χ4n) is 2.67. The highest BCUT2D eigenvalue weighted by atomic mass is 16.6. The van der Waals surface area contributed by atoms with Crippen molar-refractivity contribution in [2.45, 2.75) is 19.4 Å². The first-order valence-corrected chi connectivity index (χ1v) is 8.44. The van der Waals surface area contributed by atoms with Crippen LogP contribution in [0.25, 0.3) is 0 Å². The molecule has 0 heterocycles. The second-order valence-corrected chi connectivity index (χ2v) is 6.05. The van der Waals surface area contributed by atoms with Gasteiger partial charge in [0.2, 0.25) is 5.91 Å². The van der Waals surface area contributed by atoms with Gasteiger partial charge < -0.3 is 20.5 Å². The molecule has 1 atom stereocenters. The number of nitrogens with zero attached hydrogens (tertiary/aromatic N) is 1. The minimum absolute atomic E-state index is 0.0833. The molecule has 0 aliphatic carbocycles. The number of nitro groups is 1. The van der Waals surface area contributed by atoms with E-state index in [4.69, 9.17) is 4.74 Å². The minimum Gasteiger partial charge on any atom is -0.496 e. The Morgan fingerprint density at radius 1 is 1.21 bits per heavy atom. The van der Waals surface area contributed by atoms with Crippen molar-refractivity contribution in [2.75, 3.05) is 12.4 Å². The number of para-hydroxylation sites is 1. The Kier molecular flexibility index (Phi) is 6.85. The molecule has 0 bridgehead atoms. The zero-order valence-electron chi connectivity index (χ0n) is 15.7. The summed E-state index contributed by atoms with van der Waals surface area (Å²) in [5, 5.41) is 25.4. The summed E-state index contributed by atoms with van der Waals surface area (Å²) < 4.78 is 5.14. The van der Waals surface area contributed by atoms with E-state index in [2.05, 4.69) is 10.6 Å². The third-order valence-corrected chi connectivity index (χ3v) is 3.98. The Hall–Kier alpha value is -3.95. The molecule has 152 valence electrons. The van der Waals surface area contributed by atoms with E-state index in [1.165, 1.54) is 44.4 Å². The second kappa shape index (κ2) is 9.31. The molecule has 3 N–H and O–H groups in total. The number of nitro benzene ring substituents is 1. The number of amides is 2. The van der Waals surface area contributed by atoms with Gasteiger partial charge in [0.25, 0.3) is 11.6 Å². The molecule has 2 aromatic rings. The molecule has 10 heteroatoms. The van der Waals surface area contributed by atoms with Crippen LogP contribution in [-0.4, -0.2) is 41.0 Å². The van der Waals surface area contributed by atoms with Crippen molar-refractivity contribution in [3.63, 3.8) is 0 Å². The smallest absolute Gasteiger partial charge is 0.326 e. The third-order valence-electron chi connectivity index (χ3n) is 3.98. The quantitative estimate of drug-likeness (QED) is 0.452. The van der Waals surface area contributed by atoms with Crippen LogP contribution in [0.3, 0.4) is 0 Å². The van der Waals surface area contributed by atoms with Gasteiger partial charge in [0, 0.05) is 31.0 Å². The molecule has 0 saturated heterocycles. The first kappa shape index (κ1) is 21.4. The van der Waals surface area contributed by atoms with Crippen molar-refractivity contribution in [2.24, 2.45) is 0 Å². The number of carbonyl (C=O) groups excluding carboxylic acids is 2. The molecular weight excluding hydrogens is 382 g/mol. The Morgan fingerprint density at radius 2 is 1.90 bits per heavy atom. The zero-order valence-corrected chi connectivity index (χ0v) is 15.7. The van der Waals surface area contributed by atoms with E-state index in [-0.39, 0.29) is 40.6 Å². The van der Waals surface area contributed by atoms with Crippen LogP contribution in [-0.2, 0) is 16.0 Å². The number of carboxylic acids is 1. The molecule has 2 rings (SSSR count). The van der Waals surface area contributed by atoms with Crippen molar-refractivity contribution in [1.82, 2.24) is 5.32 Å². The predicted octanol–water partition coefficient (Wildman–Crippen LogP) is 1.99. The first-order chi connectivity index (χ1) is 13.7. The normalized spacial score (nSPS) is 11.2. The van der Waals surface area contributed by atoms with Crippen LogP contribution < -0.4 is 15.4 Å². The van der Waals surface area contributed by atoms with E-state index in [1.807, 2.05) is 0 Å². The van der Waals surface area contributed by atoms with Crippen LogP contribution >= 0.6 is 0 Å². The molecule has 0 spiro atoms. The number of nitrogens with one attached hydrogen (secondary N) is 2. The third kappa shape index (κ3) is 5.51. The maximum absolute atomic E-state index is 12.6. The van der Waals surface area contributed by atoms with E-state index < -0.39 is 22.8 Å². The van der Waals surface area contributed by atoms with Gasteiger partial charge in [-0.25, -0.2) is 4.79 Å². The molecule has 2 aromatic carbocycles. The Balaban J connectivity index is 2.29. The summed E-state index contributed by atoms with van der Waals surface area (Å²) in [6.07, 6.45) is -0.242. The molecule has 29 heavy (non-hydrogen) atoms. The summed E-state index contributed by atoms with van der Waals surface area (Å²) in [6.45, 7) is 1.28. The number of benzene rings is 2. The number of ether oxygens (including phenoxy) is 1. The molecule has 0 unspecified atom stereocenters. The number of anilines is 1. The molecule has 0 fully saturated rings. The highest BCUT2D eigenvalue weighted by Gasteiger charge is 2.25. The van der Waals surface area contributed by atoms with Crippen molar-refractivity contribution in [3.05, 3.63) is 63.7 Å². The number of methoxy groups -OCH3 is 1. The number of carboxylic acid groups (broad SMARTS) is 1. The summed E-state index contributed by atoms with van der Waals surface area (Å²) in [6, 6.07) is 8.55. The molecule has 10 nitrogen and oxygen atoms in total. The maximum Gasteiger partial charge on any atom is 0.326 e. The van der Waals surface area contributed by atoms with Crippen molar-refractivity contribution >= 4 is 29.2 Å². The van der Waals surface area contributed by atoms with Gasteiger partial charge in [-0.3, -0.25) is 19.7 Å². The number of rotatable bonds is 8. The molecule has 0 saturated carbocycles. The monoisotopic (exact) mass is 401 g/mol. The van der Waals surface area contributed by atoms with Crippen LogP contribution in [0.2, 0.25) is 0 Å². The van der Waals surface area contributed by atoms with Gasteiger partial charge in [0.15, 0.2) is 0 Å². The van der Waals surface area contributed by atoms with Gasteiger partial charge in [-0.05, 0) is 18.2 Å². The van der Waals surface area contributed by atoms with Crippen molar-refractivity contribution < 1.29 is 29.2 Å². The summed E-state index contributed by atoms with van der Waals surface area (Å²) >= 11 is 0. The van der Waals surface area contributed by atoms with Crippen LogP contribution in [0.1, 0.15) is 22.8 Å². The van der Waals surface area contributed by atoms with Gasteiger partial charge in [-0.15, -0.1) is 0 Å². The Bertz CT molecular complexity index is 959. The largest absolute Gasteiger partial charge is 0.496 e.